The van der Waals surface area contributed by atoms with E-state index in [9.17, 15) is 4.79 Å². The Morgan fingerprint density at radius 2 is 1.92 bits per heavy atom. The lowest BCUT2D eigenvalue weighted by atomic mass is 10.2. The number of amides is 1. The van der Waals surface area contributed by atoms with E-state index in [1.807, 2.05) is 41.9 Å². The summed E-state index contributed by atoms with van der Waals surface area (Å²) in [5, 5.41) is 2.84. The van der Waals surface area contributed by atoms with E-state index in [2.05, 4.69) is 10.3 Å². The second-order valence-corrected chi connectivity index (χ2v) is 5.34. The van der Waals surface area contributed by atoms with Gasteiger partial charge < -0.3 is 19.4 Å². The number of aryl methyl sites for hydroxylation is 1. The largest absolute Gasteiger partial charge is 0.497 e. The molecule has 0 aliphatic rings. The van der Waals surface area contributed by atoms with Crippen LogP contribution in [0.3, 0.4) is 0 Å². The van der Waals surface area contributed by atoms with Gasteiger partial charge in [-0.05, 0) is 42.5 Å². The predicted octanol–water partition coefficient (Wildman–Crippen LogP) is 2.39. The molecular weight excluding hydrogens is 306 g/mol. The molecular formula is C18H19N3O3. The molecule has 124 valence electrons. The number of nitrogens with zero attached hydrogens (tertiary/aromatic N) is 2. The molecule has 0 saturated heterocycles. The van der Waals surface area contributed by atoms with Crippen LogP contribution in [0.15, 0.2) is 48.8 Å². The first-order chi connectivity index (χ1) is 11.7. The highest BCUT2D eigenvalue weighted by molar-refractivity contribution is 5.97. The fourth-order valence-electron chi connectivity index (χ4n) is 2.38. The van der Waals surface area contributed by atoms with Gasteiger partial charge in [-0.15, -0.1) is 0 Å². The van der Waals surface area contributed by atoms with Gasteiger partial charge in [0.05, 0.1) is 31.0 Å². The van der Waals surface area contributed by atoms with E-state index >= 15 is 0 Å². The topological polar surface area (TPSA) is 65.4 Å². The van der Waals surface area contributed by atoms with Crippen molar-refractivity contribution in [2.75, 3.05) is 20.3 Å². The van der Waals surface area contributed by atoms with Crippen molar-refractivity contribution in [3.8, 4) is 11.5 Å². The van der Waals surface area contributed by atoms with Crippen LogP contribution in [0.4, 0.5) is 0 Å². The van der Waals surface area contributed by atoms with E-state index in [0.29, 0.717) is 18.7 Å². The van der Waals surface area contributed by atoms with Crippen molar-refractivity contribution in [3.63, 3.8) is 0 Å². The van der Waals surface area contributed by atoms with Gasteiger partial charge in [-0.1, -0.05) is 0 Å². The number of methoxy groups -OCH3 is 1. The van der Waals surface area contributed by atoms with Gasteiger partial charge in [0, 0.05) is 12.6 Å². The van der Waals surface area contributed by atoms with E-state index in [4.69, 9.17) is 9.47 Å². The number of rotatable bonds is 6. The van der Waals surface area contributed by atoms with Crippen molar-refractivity contribution >= 4 is 16.9 Å². The van der Waals surface area contributed by atoms with Crippen molar-refractivity contribution in [1.82, 2.24) is 14.9 Å². The van der Waals surface area contributed by atoms with Gasteiger partial charge in [-0.2, -0.15) is 0 Å². The van der Waals surface area contributed by atoms with Crippen molar-refractivity contribution in [3.05, 3.63) is 54.4 Å². The van der Waals surface area contributed by atoms with Gasteiger partial charge in [-0.25, -0.2) is 4.98 Å². The Labute approximate surface area is 140 Å². The summed E-state index contributed by atoms with van der Waals surface area (Å²) in [5.74, 6) is 1.38. The standard InChI is InChI=1S/C18H19N3O3/c1-21-12-20-16-11-13(3-8-17(16)21)18(22)19-9-10-24-15-6-4-14(23-2)5-7-15/h3-8,11-12H,9-10H2,1-2H3,(H,19,22). The van der Waals surface area contributed by atoms with Gasteiger partial charge in [0.1, 0.15) is 18.1 Å². The summed E-state index contributed by atoms with van der Waals surface area (Å²) in [7, 11) is 3.54. The summed E-state index contributed by atoms with van der Waals surface area (Å²) in [6.07, 6.45) is 1.73. The molecule has 3 rings (SSSR count). The summed E-state index contributed by atoms with van der Waals surface area (Å²) in [5.41, 5.74) is 2.39. The molecule has 2 aromatic carbocycles. The Bertz CT molecular complexity index is 840. The normalized spacial score (nSPS) is 10.6. The van der Waals surface area contributed by atoms with E-state index in [1.165, 1.54) is 0 Å². The second kappa shape index (κ2) is 7.04. The first kappa shape index (κ1) is 15.9. The third-order valence-electron chi connectivity index (χ3n) is 3.70. The number of hydrogen-bond donors (Lipinski definition) is 1. The lowest BCUT2D eigenvalue weighted by Gasteiger charge is -2.08. The molecule has 1 amide bonds. The molecule has 1 heterocycles. The quantitative estimate of drug-likeness (QED) is 0.707. The fraction of sp³-hybridized carbons (Fsp3) is 0.222. The van der Waals surface area contributed by atoms with Gasteiger partial charge >= 0.3 is 0 Å². The second-order valence-electron chi connectivity index (χ2n) is 5.34. The Kier molecular flexibility index (Phi) is 4.65. The molecule has 0 radical (unpaired) electrons. The molecule has 0 fully saturated rings. The number of fused-ring (bicyclic) bond motifs is 1. The average Bonchev–Trinajstić information content (AvgIpc) is 2.99. The van der Waals surface area contributed by atoms with Crippen molar-refractivity contribution in [2.45, 2.75) is 0 Å². The van der Waals surface area contributed by atoms with Crippen molar-refractivity contribution in [1.29, 1.82) is 0 Å². The maximum atomic E-state index is 12.2. The minimum absolute atomic E-state index is 0.138. The number of carbonyl (C=O) groups excluding carboxylic acids is 1. The van der Waals surface area contributed by atoms with Crippen molar-refractivity contribution < 1.29 is 14.3 Å². The molecule has 24 heavy (non-hydrogen) atoms. The zero-order valence-corrected chi connectivity index (χ0v) is 13.7. The predicted molar refractivity (Wildman–Crippen MR) is 91.5 cm³/mol. The highest BCUT2D eigenvalue weighted by Crippen LogP contribution is 2.17. The molecule has 0 saturated carbocycles. The molecule has 6 nitrogen and oxygen atoms in total. The van der Waals surface area contributed by atoms with Gasteiger partial charge in [0.15, 0.2) is 0 Å². The van der Waals surface area contributed by atoms with Crippen LogP contribution in [-0.4, -0.2) is 35.7 Å². The molecule has 0 bridgehead atoms. The summed E-state index contributed by atoms with van der Waals surface area (Å²) in [4.78, 5) is 16.4. The lowest BCUT2D eigenvalue weighted by Crippen LogP contribution is -2.28. The molecule has 1 N–H and O–H groups in total. The molecule has 0 atom stereocenters. The van der Waals surface area contributed by atoms with Crippen molar-refractivity contribution in [2.24, 2.45) is 7.05 Å². The lowest BCUT2D eigenvalue weighted by molar-refractivity contribution is 0.0947. The zero-order chi connectivity index (χ0) is 16.9. The molecule has 0 unspecified atom stereocenters. The SMILES string of the molecule is COc1ccc(OCCNC(=O)c2ccc3c(c2)ncn3C)cc1. The third kappa shape index (κ3) is 3.48. The minimum atomic E-state index is -0.138. The van der Waals surface area contributed by atoms with E-state index < -0.39 is 0 Å². The smallest absolute Gasteiger partial charge is 0.251 e. The number of benzene rings is 2. The molecule has 1 aromatic heterocycles. The molecule has 0 spiro atoms. The first-order valence-corrected chi connectivity index (χ1v) is 7.63. The number of carbonyl (C=O) groups is 1. The molecule has 3 aromatic rings. The van der Waals surface area contributed by atoms with Crippen LogP contribution >= 0.6 is 0 Å². The average molecular weight is 325 g/mol. The number of nitrogens with one attached hydrogen (secondary N) is 1. The summed E-state index contributed by atoms with van der Waals surface area (Å²) in [6.45, 7) is 0.815. The monoisotopic (exact) mass is 325 g/mol. The summed E-state index contributed by atoms with van der Waals surface area (Å²) in [6, 6.07) is 12.8. The first-order valence-electron chi connectivity index (χ1n) is 7.63. The Hall–Kier alpha value is -3.02. The van der Waals surface area contributed by atoms with Gasteiger partial charge in [-0.3, -0.25) is 4.79 Å². The maximum Gasteiger partial charge on any atom is 0.251 e. The molecule has 0 aliphatic carbocycles. The van der Waals surface area contributed by atoms with Gasteiger partial charge in [0.2, 0.25) is 0 Å². The van der Waals surface area contributed by atoms with E-state index in [-0.39, 0.29) is 5.91 Å². The molecule has 0 aliphatic heterocycles. The minimum Gasteiger partial charge on any atom is -0.497 e. The van der Waals surface area contributed by atoms with Crippen LogP contribution in [0, 0.1) is 0 Å². The third-order valence-corrected chi connectivity index (χ3v) is 3.70. The summed E-state index contributed by atoms with van der Waals surface area (Å²) >= 11 is 0. The van der Waals surface area contributed by atoms with Gasteiger partial charge in [0.25, 0.3) is 5.91 Å². The summed E-state index contributed by atoms with van der Waals surface area (Å²) < 4.78 is 12.6. The van der Waals surface area contributed by atoms with E-state index in [0.717, 1.165) is 22.5 Å². The van der Waals surface area contributed by atoms with Crippen LogP contribution < -0.4 is 14.8 Å². The van der Waals surface area contributed by atoms with Crippen LogP contribution in [0.2, 0.25) is 0 Å². The van der Waals surface area contributed by atoms with Crippen LogP contribution in [0.1, 0.15) is 10.4 Å². The van der Waals surface area contributed by atoms with Crippen LogP contribution in [-0.2, 0) is 7.05 Å². The number of aromatic nitrogens is 2. The highest BCUT2D eigenvalue weighted by Gasteiger charge is 2.08. The van der Waals surface area contributed by atoms with Crippen LogP contribution in [0.5, 0.6) is 11.5 Å². The Balaban J connectivity index is 1.50. The highest BCUT2D eigenvalue weighted by atomic mass is 16.5. The Morgan fingerprint density at radius 3 is 2.67 bits per heavy atom. The molecule has 6 heteroatoms. The zero-order valence-electron chi connectivity index (χ0n) is 13.7. The number of ether oxygens (including phenoxy) is 2. The fourth-order valence-corrected chi connectivity index (χ4v) is 2.38. The number of imidazole rings is 1. The Morgan fingerprint density at radius 1 is 1.17 bits per heavy atom. The maximum absolute atomic E-state index is 12.2. The van der Waals surface area contributed by atoms with E-state index in [1.54, 1.807) is 25.6 Å². The number of hydrogen-bond acceptors (Lipinski definition) is 4. The van der Waals surface area contributed by atoms with Crippen LogP contribution in [0.25, 0.3) is 11.0 Å².